The molecular formula is C10H17N3. The van der Waals surface area contributed by atoms with Gasteiger partial charge in [0.2, 0.25) is 0 Å². The van der Waals surface area contributed by atoms with Crippen molar-refractivity contribution in [3.8, 4) is 0 Å². The third-order valence-electron chi connectivity index (χ3n) is 2.72. The fraction of sp³-hybridized carbons (Fsp3) is 0.700. The van der Waals surface area contributed by atoms with Crippen molar-refractivity contribution in [3.05, 3.63) is 17.5 Å². The van der Waals surface area contributed by atoms with Crippen molar-refractivity contribution in [1.29, 1.82) is 0 Å². The third-order valence-corrected chi connectivity index (χ3v) is 2.72. The van der Waals surface area contributed by atoms with Crippen LogP contribution in [0.4, 0.5) is 0 Å². The van der Waals surface area contributed by atoms with Crippen LogP contribution >= 0.6 is 0 Å². The van der Waals surface area contributed by atoms with Crippen LogP contribution < -0.4 is 5.32 Å². The lowest BCUT2D eigenvalue weighted by molar-refractivity contribution is 0.586. The average Bonchev–Trinajstić information content (AvgIpc) is 2.63. The molecule has 3 heteroatoms. The first-order valence-corrected chi connectivity index (χ1v) is 4.98. The Morgan fingerprint density at radius 3 is 3.08 bits per heavy atom. The third kappa shape index (κ3) is 1.91. The van der Waals surface area contributed by atoms with E-state index in [0.717, 1.165) is 6.42 Å². The van der Waals surface area contributed by atoms with Crippen molar-refractivity contribution in [3.63, 3.8) is 0 Å². The van der Waals surface area contributed by atoms with Gasteiger partial charge in [-0.1, -0.05) is 0 Å². The lowest BCUT2D eigenvalue weighted by atomic mass is 10.1. The molecule has 1 aliphatic heterocycles. The van der Waals surface area contributed by atoms with E-state index in [1.54, 1.807) is 0 Å². The molecule has 1 saturated heterocycles. The average molecular weight is 179 g/mol. The summed E-state index contributed by atoms with van der Waals surface area (Å²) in [5.74, 6) is 0. The lowest BCUT2D eigenvalue weighted by Crippen LogP contribution is -2.24. The van der Waals surface area contributed by atoms with Crippen molar-refractivity contribution >= 4 is 0 Å². The number of hydrogen-bond acceptors (Lipinski definition) is 2. The van der Waals surface area contributed by atoms with Crippen molar-refractivity contribution in [2.45, 2.75) is 32.2 Å². The highest BCUT2D eigenvalue weighted by atomic mass is 15.3. The van der Waals surface area contributed by atoms with Gasteiger partial charge in [0, 0.05) is 25.7 Å². The van der Waals surface area contributed by atoms with Crippen LogP contribution in [0.25, 0.3) is 0 Å². The van der Waals surface area contributed by atoms with E-state index in [-0.39, 0.29) is 0 Å². The van der Waals surface area contributed by atoms with Gasteiger partial charge in [-0.2, -0.15) is 5.10 Å². The normalized spacial score (nSPS) is 22.5. The van der Waals surface area contributed by atoms with E-state index in [9.17, 15) is 0 Å². The van der Waals surface area contributed by atoms with Crippen LogP contribution in [0.15, 0.2) is 6.20 Å². The Balaban J connectivity index is 2.03. The van der Waals surface area contributed by atoms with Gasteiger partial charge in [0.15, 0.2) is 0 Å². The first-order chi connectivity index (χ1) is 6.25. The topological polar surface area (TPSA) is 29.9 Å². The summed E-state index contributed by atoms with van der Waals surface area (Å²) < 4.78 is 1.90. The molecule has 1 fully saturated rings. The second kappa shape index (κ2) is 3.50. The number of aryl methyl sites for hydroxylation is 2. The highest BCUT2D eigenvalue weighted by Gasteiger charge is 2.16. The predicted molar refractivity (Wildman–Crippen MR) is 52.7 cm³/mol. The SMILES string of the molecule is Cc1cn(C)nc1CC1CCCN1. The summed E-state index contributed by atoms with van der Waals surface area (Å²) >= 11 is 0. The number of rotatable bonds is 2. The minimum atomic E-state index is 0.661. The van der Waals surface area contributed by atoms with Gasteiger partial charge < -0.3 is 5.32 Å². The Morgan fingerprint density at radius 2 is 2.54 bits per heavy atom. The minimum Gasteiger partial charge on any atom is -0.314 e. The lowest BCUT2D eigenvalue weighted by Gasteiger charge is -2.07. The summed E-state index contributed by atoms with van der Waals surface area (Å²) in [5.41, 5.74) is 2.57. The monoisotopic (exact) mass is 179 g/mol. The summed E-state index contributed by atoms with van der Waals surface area (Å²) in [6.45, 7) is 3.31. The van der Waals surface area contributed by atoms with E-state index < -0.39 is 0 Å². The maximum atomic E-state index is 4.45. The number of nitrogens with zero attached hydrogens (tertiary/aromatic N) is 2. The van der Waals surface area contributed by atoms with Crippen molar-refractivity contribution < 1.29 is 0 Å². The standard InChI is InChI=1S/C10H17N3/c1-8-7-13(2)12-10(8)6-9-4-3-5-11-9/h7,9,11H,3-6H2,1-2H3. The maximum Gasteiger partial charge on any atom is 0.0669 e. The van der Waals surface area contributed by atoms with Crippen LogP contribution in [0, 0.1) is 6.92 Å². The Morgan fingerprint density at radius 1 is 1.69 bits per heavy atom. The zero-order chi connectivity index (χ0) is 9.26. The van der Waals surface area contributed by atoms with Crippen LogP contribution in [0.1, 0.15) is 24.1 Å². The molecule has 0 bridgehead atoms. The van der Waals surface area contributed by atoms with Gasteiger partial charge in [-0.15, -0.1) is 0 Å². The first kappa shape index (κ1) is 8.75. The Bertz CT molecular complexity index is 284. The van der Waals surface area contributed by atoms with Gasteiger partial charge >= 0.3 is 0 Å². The van der Waals surface area contributed by atoms with Crippen LogP contribution in [0.5, 0.6) is 0 Å². The van der Waals surface area contributed by atoms with E-state index in [1.807, 2.05) is 11.7 Å². The highest BCUT2D eigenvalue weighted by molar-refractivity contribution is 5.16. The quantitative estimate of drug-likeness (QED) is 0.734. The van der Waals surface area contributed by atoms with Gasteiger partial charge in [0.25, 0.3) is 0 Å². The minimum absolute atomic E-state index is 0.661. The summed E-state index contributed by atoms with van der Waals surface area (Å²) in [6.07, 6.45) is 5.80. The van der Waals surface area contributed by atoms with E-state index in [4.69, 9.17) is 0 Å². The molecule has 0 aromatic carbocycles. The summed E-state index contributed by atoms with van der Waals surface area (Å²) in [5, 5.41) is 7.94. The van der Waals surface area contributed by atoms with E-state index in [0.29, 0.717) is 6.04 Å². The molecule has 2 rings (SSSR count). The Kier molecular flexibility index (Phi) is 2.36. The molecule has 72 valence electrons. The van der Waals surface area contributed by atoms with Gasteiger partial charge in [-0.3, -0.25) is 4.68 Å². The second-order valence-corrected chi connectivity index (χ2v) is 3.93. The Labute approximate surface area is 79.1 Å². The van der Waals surface area contributed by atoms with Crippen LogP contribution in [-0.4, -0.2) is 22.4 Å². The Hall–Kier alpha value is -0.830. The molecule has 0 spiro atoms. The van der Waals surface area contributed by atoms with Crippen molar-refractivity contribution in [1.82, 2.24) is 15.1 Å². The molecule has 3 nitrogen and oxygen atoms in total. The molecule has 0 amide bonds. The molecule has 13 heavy (non-hydrogen) atoms. The van der Waals surface area contributed by atoms with Crippen LogP contribution in [-0.2, 0) is 13.5 Å². The maximum absolute atomic E-state index is 4.45. The van der Waals surface area contributed by atoms with E-state index in [2.05, 4.69) is 23.5 Å². The molecule has 1 aromatic heterocycles. The van der Waals surface area contributed by atoms with Gasteiger partial charge in [-0.05, 0) is 31.9 Å². The van der Waals surface area contributed by atoms with Crippen LogP contribution in [0.3, 0.4) is 0 Å². The summed E-state index contributed by atoms with van der Waals surface area (Å²) in [7, 11) is 1.98. The number of hydrogen-bond donors (Lipinski definition) is 1. The fourth-order valence-electron chi connectivity index (χ4n) is 2.02. The fourth-order valence-corrected chi connectivity index (χ4v) is 2.02. The molecule has 0 aliphatic carbocycles. The number of aromatic nitrogens is 2. The largest absolute Gasteiger partial charge is 0.314 e. The van der Waals surface area contributed by atoms with E-state index >= 15 is 0 Å². The van der Waals surface area contributed by atoms with Gasteiger partial charge in [0.1, 0.15) is 0 Å². The zero-order valence-electron chi connectivity index (χ0n) is 8.38. The van der Waals surface area contributed by atoms with Crippen molar-refractivity contribution in [2.75, 3.05) is 6.54 Å². The first-order valence-electron chi connectivity index (χ1n) is 4.98. The molecule has 1 atom stereocenters. The molecule has 1 aliphatic rings. The molecular weight excluding hydrogens is 162 g/mol. The van der Waals surface area contributed by atoms with Gasteiger partial charge in [0.05, 0.1) is 5.69 Å². The smallest absolute Gasteiger partial charge is 0.0669 e. The predicted octanol–water partition coefficient (Wildman–Crippen LogP) is 1.02. The second-order valence-electron chi connectivity index (χ2n) is 3.93. The molecule has 1 N–H and O–H groups in total. The van der Waals surface area contributed by atoms with Crippen LogP contribution in [0.2, 0.25) is 0 Å². The summed E-state index contributed by atoms with van der Waals surface area (Å²) in [4.78, 5) is 0. The summed E-state index contributed by atoms with van der Waals surface area (Å²) in [6, 6.07) is 0.661. The zero-order valence-corrected chi connectivity index (χ0v) is 8.38. The molecule has 1 unspecified atom stereocenters. The molecule has 1 aromatic rings. The van der Waals surface area contributed by atoms with E-state index in [1.165, 1.54) is 30.6 Å². The van der Waals surface area contributed by atoms with Crippen molar-refractivity contribution in [2.24, 2.45) is 7.05 Å². The van der Waals surface area contributed by atoms with Gasteiger partial charge in [-0.25, -0.2) is 0 Å². The molecule has 2 heterocycles. The number of nitrogens with one attached hydrogen (secondary N) is 1. The highest BCUT2D eigenvalue weighted by Crippen LogP contribution is 2.13. The molecule has 0 radical (unpaired) electrons. The molecule has 0 saturated carbocycles.